The lowest BCUT2D eigenvalue weighted by Gasteiger charge is -2.14. The largest absolute Gasteiger partial charge is 0.421 e. The molecular formula is C16H16N2O2S. The summed E-state index contributed by atoms with van der Waals surface area (Å²) < 4.78 is 5.67. The zero-order valence-corrected chi connectivity index (χ0v) is 12.5. The molecule has 2 aromatic carbocycles. The minimum Gasteiger partial charge on any atom is -0.421 e. The maximum atomic E-state index is 11.6. The summed E-state index contributed by atoms with van der Waals surface area (Å²) in [7, 11) is 0. The van der Waals surface area contributed by atoms with Crippen molar-refractivity contribution in [1.82, 2.24) is 5.32 Å². The van der Waals surface area contributed by atoms with Crippen LogP contribution in [0.5, 0.6) is 5.75 Å². The van der Waals surface area contributed by atoms with Crippen molar-refractivity contribution in [2.75, 3.05) is 18.0 Å². The van der Waals surface area contributed by atoms with Crippen molar-refractivity contribution in [3.8, 4) is 5.75 Å². The number of hydrogen-bond acceptors (Lipinski definition) is 3. The number of carbonyl (C=O) groups is 1. The number of anilines is 1. The molecule has 0 bridgehead atoms. The summed E-state index contributed by atoms with van der Waals surface area (Å²) in [4.78, 5) is 14.4. The summed E-state index contributed by atoms with van der Waals surface area (Å²) in [6, 6.07) is 15.7. The van der Waals surface area contributed by atoms with Crippen molar-refractivity contribution in [3.05, 3.63) is 54.1 Å². The van der Waals surface area contributed by atoms with Crippen LogP contribution in [0.3, 0.4) is 0 Å². The van der Waals surface area contributed by atoms with E-state index in [1.165, 1.54) is 17.6 Å². The molecule has 0 atom stereocenters. The third-order valence-corrected chi connectivity index (χ3v) is 4.00. The van der Waals surface area contributed by atoms with Crippen LogP contribution in [-0.2, 0) is 0 Å². The van der Waals surface area contributed by atoms with Gasteiger partial charge in [-0.05, 0) is 43.3 Å². The zero-order valence-electron chi connectivity index (χ0n) is 11.7. The lowest BCUT2D eigenvalue weighted by molar-refractivity contribution is 0.252. The number of rotatable bonds is 4. The SMILES string of the molecule is Cc1ccc(SOc2ccc(N3CCNC3=O)cc2)cc1. The molecule has 0 radical (unpaired) electrons. The highest BCUT2D eigenvalue weighted by Crippen LogP contribution is 2.26. The Morgan fingerprint density at radius 1 is 1.10 bits per heavy atom. The molecule has 1 heterocycles. The number of aryl methyl sites for hydroxylation is 1. The Morgan fingerprint density at radius 2 is 1.81 bits per heavy atom. The van der Waals surface area contributed by atoms with Gasteiger partial charge in [0, 0.05) is 23.7 Å². The Kier molecular flexibility index (Phi) is 4.01. The molecule has 0 saturated carbocycles. The van der Waals surface area contributed by atoms with Crippen LogP contribution >= 0.6 is 12.0 Å². The summed E-state index contributed by atoms with van der Waals surface area (Å²) in [5.41, 5.74) is 2.12. The molecule has 0 aliphatic carbocycles. The van der Waals surface area contributed by atoms with Gasteiger partial charge in [0.15, 0.2) is 0 Å². The molecule has 3 rings (SSSR count). The highest BCUT2D eigenvalue weighted by molar-refractivity contribution is 7.95. The normalized spacial score (nSPS) is 14.1. The van der Waals surface area contributed by atoms with Crippen LogP contribution in [0.2, 0.25) is 0 Å². The van der Waals surface area contributed by atoms with Crippen LogP contribution in [0.4, 0.5) is 10.5 Å². The van der Waals surface area contributed by atoms with Crippen molar-refractivity contribution in [2.24, 2.45) is 0 Å². The van der Waals surface area contributed by atoms with Gasteiger partial charge < -0.3 is 9.50 Å². The van der Waals surface area contributed by atoms with E-state index in [9.17, 15) is 4.79 Å². The molecule has 1 N–H and O–H groups in total. The second-order valence-electron chi connectivity index (χ2n) is 4.86. The maximum absolute atomic E-state index is 11.6. The first-order valence-electron chi connectivity index (χ1n) is 6.79. The van der Waals surface area contributed by atoms with E-state index in [1.807, 2.05) is 36.4 Å². The summed E-state index contributed by atoms with van der Waals surface area (Å²) in [6.07, 6.45) is 0. The number of hydrogen-bond donors (Lipinski definition) is 1. The van der Waals surface area contributed by atoms with Crippen molar-refractivity contribution in [1.29, 1.82) is 0 Å². The van der Waals surface area contributed by atoms with E-state index in [-0.39, 0.29) is 6.03 Å². The molecule has 2 amide bonds. The molecule has 21 heavy (non-hydrogen) atoms. The van der Waals surface area contributed by atoms with Gasteiger partial charge in [-0.3, -0.25) is 4.90 Å². The standard InChI is InChI=1S/C16H16N2O2S/c1-12-2-8-15(9-3-12)21-20-14-6-4-13(5-7-14)18-11-10-17-16(18)19/h2-9H,10-11H2,1H3,(H,17,19). The Labute approximate surface area is 128 Å². The summed E-state index contributed by atoms with van der Waals surface area (Å²) in [5, 5.41) is 2.79. The van der Waals surface area contributed by atoms with E-state index in [2.05, 4.69) is 24.4 Å². The number of nitrogens with one attached hydrogen (secondary N) is 1. The molecule has 1 saturated heterocycles. The fraction of sp³-hybridized carbons (Fsp3) is 0.188. The number of urea groups is 1. The van der Waals surface area contributed by atoms with E-state index in [4.69, 9.17) is 4.18 Å². The van der Waals surface area contributed by atoms with Crippen molar-refractivity contribution >= 4 is 23.8 Å². The van der Waals surface area contributed by atoms with Gasteiger partial charge in [-0.1, -0.05) is 17.7 Å². The van der Waals surface area contributed by atoms with Crippen LogP contribution in [0, 0.1) is 6.92 Å². The van der Waals surface area contributed by atoms with Crippen LogP contribution in [-0.4, -0.2) is 19.1 Å². The number of benzene rings is 2. The van der Waals surface area contributed by atoms with E-state index in [0.717, 1.165) is 16.3 Å². The number of amides is 2. The molecule has 0 aromatic heterocycles. The van der Waals surface area contributed by atoms with Crippen molar-refractivity contribution < 1.29 is 8.98 Å². The first kappa shape index (κ1) is 13.8. The maximum Gasteiger partial charge on any atom is 0.321 e. The first-order valence-corrected chi connectivity index (χ1v) is 7.53. The number of carbonyl (C=O) groups excluding carboxylic acids is 1. The Hall–Kier alpha value is -2.14. The molecule has 108 valence electrons. The predicted octanol–water partition coefficient (Wildman–Crippen LogP) is 3.61. The van der Waals surface area contributed by atoms with E-state index >= 15 is 0 Å². The van der Waals surface area contributed by atoms with Gasteiger partial charge in [-0.25, -0.2) is 4.79 Å². The molecule has 5 heteroatoms. The average molecular weight is 300 g/mol. The molecular weight excluding hydrogens is 284 g/mol. The highest BCUT2D eigenvalue weighted by Gasteiger charge is 2.20. The molecule has 0 spiro atoms. The lowest BCUT2D eigenvalue weighted by Crippen LogP contribution is -2.27. The van der Waals surface area contributed by atoms with Crippen LogP contribution in [0.15, 0.2) is 53.4 Å². The minimum absolute atomic E-state index is 0.0438. The monoisotopic (exact) mass is 300 g/mol. The van der Waals surface area contributed by atoms with E-state index in [1.54, 1.807) is 4.90 Å². The zero-order chi connectivity index (χ0) is 14.7. The summed E-state index contributed by atoms with van der Waals surface area (Å²) in [6.45, 7) is 3.46. The topological polar surface area (TPSA) is 41.6 Å². The fourth-order valence-corrected chi connectivity index (χ4v) is 2.64. The Bertz CT molecular complexity index is 626. The van der Waals surface area contributed by atoms with Gasteiger partial charge in [0.1, 0.15) is 5.75 Å². The second kappa shape index (κ2) is 6.10. The molecule has 4 nitrogen and oxygen atoms in total. The highest BCUT2D eigenvalue weighted by atomic mass is 32.2. The van der Waals surface area contributed by atoms with Crippen molar-refractivity contribution in [2.45, 2.75) is 11.8 Å². The third kappa shape index (κ3) is 3.31. The third-order valence-electron chi connectivity index (χ3n) is 3.26. The lowest BCUT2D eigenvalue weighted by atomic mass is 10.2. The van der Waals surface area contributed by atoms with Gasteiger partial charge >= 0.3 is 6.03 Å². The minimum atomic E-state index is -0.0438. The average Bonchev–Trinajstić information content (AvgIpc) is 2.93. The van der Waals surface area contributed by atoms with Gasteiger partial charge in [0.05, 0.1) is 12.0 Å². The Balaban J connectivity index is 1.62. The molecule has 1 fully saturated rings. The van der Waals surface area contributed by atoms with Crippen LogP contribution < -0.4 is 14.4 Å². The summed E-state index contributed by atoms with van der Waals surface area (Å²) >= 11 is 1.33. The smallest absolute Gasteiger partial charge is 0.321 e. The molecule has 0 unspecified atom stereocenters. The van der Waals surface area contributed by atoms with E-state index < -0.39 is 0 Å². The van der Waals surface area contributed by atoms with Crippen LogP contribution in [0.1, 0.15) is 5.56 Å². The quantitative estimate of drug-likeness (QED) is 0.877. The van der Waals surface area contributed by atoms with Crippen molar-refractivity contribution in [3.63, 3.8) is 0 Å². The first-order chi connectivity index (χ1) is 10.2. The molecule has 2 aromatic rings. The molecule has 1 aliphatic rings. The second-order valence-corrected chi connectivity index (χ2v) is 5.66. The number of nitrogens with zero attached hydrogens (tertiary/aromatic N) is 1. The van der Waals surface area contributed by atoms with Gasteiger partial charge in [0.25, 0.3) is 0 Å². The predicted molar refractivity (Wildman–Crippen MR) is 84.9 cm³/mol. The van der Waals surface area contributed by atoms with Gasteiger partial charge in [-0.2, -0.15) is 0 Å². The summed E-state index contributed by atoms with van der Waals surface area (Å²) in [5.74, 6) is 0.768. The molecule has 1 aliphatic heterocycles. The van der Waals surface area contributed by atoms with E-state index in [0.29, 0.717) is 13.1 Å². The van der Waals surface area contributed by atoms with Gasteiger partial charge in [-0.15, -0.1) is 0 Å². The van der Waals surface area contributed by atoms with Crippen LogP contribution in [0.25, 0.3) is 0 Å². The fourth-order valence-electron chi connectivity index (χ4n) is 2.09. The Morgan fingerprint density at radius 3 is 2.43 bits per heavy atom. The van der Waals surface area contributed by atoms with Gasteiger partial charge in [0.2, 0.25) is 0 Å².